The molecule has 0 saturated carbocycles. The van der Waals surface area contributed by atoms with E-state index < -0.39 is 5.97 Å². The van der Waals surface area contributed by atoms with Crippen LogP contribution >= 0.6 is 0 Å². The Kier molecular flexibility index (Phi) is 12.9. The van der Waals surface area contributed by atoms with Crippen molar-refractivity contribution in [3.63, 3.8) is 0 Å². The fourth-order valence-electron chi connectivity index (χ4n) is 2.54. The number of carboxylic acids is 1. The first-order valence-electron chi connectivity index (χ1n) is 9.83. The van der Waals surface area contributed by atoms with E-state index in [9.17, 15) is 9.59 Å². The van der Waals surface area contributed by atoms with E-state index in [1.807, 2.05) is 70.2 Å². The summed E-state index contributed by atoms with van der Waals surface area (Å²) >= 11 is 0. The molecule has 0 heterocycles. The first-order chi connectivity index (χ1) is 12.6. The Hall–Kier alpha value is -2.16. The summed E-state index contributed by atoms with van der Waals surface area (Å²) in [5.74, 6) is -0.875. The zero-order valence-corrected chi connectivity index (χ0v) is 16.9. The number of hydrogen-bond acceptors (Lipinski definition) is 2. The van der Waals surface area contributed by atoms with Gasteiger partial charge in [-0.2, -0.15) is 0 Å². The summed E-state index contributed by atoms with van der Waals surface area (Å²) in [5, 5.41) is 11.0. The van der Waals surface area contributed by atoms with Gasteiger partial charge in [-0.15, -0.1) is 0 Å². The van der Waals surface area contributed by atoms with Crippen LogP contribution in [0.15, 0.2) is 42.5 Å². The summed E-state index contributed by atoms with van der Waals surface area (Å²) in [6.07, 6.45) is 3.78. The number of unbranched alkanes of at least 4 members (excludes halogenated alkanes) is 2. The molecule has 1 N–H and O–H groups in total. The second-order valence-corrected chi connectivity index (χ2v) is 5.82. The molecule has 0 saturated heterocycles. The summed E-state index contributed by atoms with van der Waals surface area (Å²) < 4.78 is 0. The van der Waals surface area contributed by atoms with Gasteiger partial charge in [-0.3, -0.25) is 9.59 Å². The molecule has 2 aromatic rings. The van der Waals surface area contributed by atoms with Gasteiger partial charge in [0.15, 0.2) is 5.78 Å². The van der Waals surface area contributed by atoms with Crippen LogP contribution in [0, 0.1) is 5.92 Å². The Morgan fingerprint density at radius 1 is 0.885 bits per heavy atom. The summed E-state index contributed by atoms with van der Waals surface area (Å²) in [4.78, 5) is 22.9. The van der Waals surface area contributed by atoms with Crippen molar-refractivity contribution in [1.29, 1.82) is 0 Å². The minimum atomic E-state index is -0.743. The Balaban J connectivity index is 0.00000146. The van der Waals surface area contributed by atoms with Gasteiger partial charge in [0.25, 0.3) is 0 Å². The van der Waals surface area contributed by atoms with Gasteiger partial charge < -0.3 is 5.11 Å². The van der Waals surface area contributed by atoms with E-state index >= 15 is 0 Å². The quantitative estimate of drug-likeness (QED) is 0.419. The monoisotopic (exact) mass is 358 g/mol. The van der Waals surface area contributed by atoms with E-state index in [1.165, 1.54) is 0 Å². The molecule has 0 aliphatic rings. The van der Waals surface area contributed by atoms with E-state index in [-0.39, 0.29) is 11.7 Å². The van der Waals surface area contributed by atoms with Crippen LogP contribution in [0.5, 0.6) is 0 Å². The molecule has 3 nitrogen and oxygen atoms in total. The number of fused-ring (bicyclic) bond motifs is 1. The highest BCUT2D eigenvalue weighted by atomic mass is 16.4. The normalized spacial score (nSPS) is 10.8. The second kappa shape index (κ2) is 14.1. The van der Waals surface area contributed by atoms with Crippen LogP contribution in [-0.2, 0) is 4.79 Å². The number of benzene rings is 2. The molecule has 3 heteroatoms. The van der Waals surface area contributed by atoms with Gasteiger partial charge in [0.05, 0.1) is 5.92 Å². The van der Waals surface area contributed by atoms with Gasteiger partial charge in [0, 0.05) is 12.0 Å². The molecule has 0 spiro atoms. The van der Waals surface area contributed by atoms with Crippen LogP contribution in [-0.4, -0.2) is 16.9 Å². The summed E-state index contributed by atoms with van der Waals surface area (Å²) in [5.41, 5.74) is 0.762. The highest BCUT2D eigenvalue weighted by Crippen LogP contribution is 2.18. The number of carbonyl (C=O) groups excluding carboxylic acids is 1. The van der Waals surface area contributed by atoms with Crippen LogP contribution in [0.1, 0.15) is 77.1 Å². The van der Waals surface area contributed by atoms with Crippen molar-refractivity contribution in [1.82, 2.24) is 0 Å². The molecule has 144 valence electrons. The molecule has 0 fully saturated rings. The minimum Gasteiger partial charge on any atom is -0.481 e. The summed E-state index contributed by atoms with van der Waals surface area (Å²) in [7, 11) is 0. The van der Waals surface area contributed by atoms with Crippen molar-refractivity contribution < 1.29 is 14.7 Å². The van der Waals surface area contributed by atoms with Gasteiger partial charge in [0.1, 0.15) is 0 Å². The molecule has 1 atom stereocenters. The van der Waals surface area contributed by atoms with E-state index in [4.69, 9.17) is 5.11 Å². The first kappa shape index (κ1) is 23.8. The lowest BCUT2D eigenvalue weighted by atomic mass is 9.99. The fraction of sp³-hybridized carbons (Fsp3) is 0.478. The average molecular weight is 359 g/mol. The molecule has 0 radical (unpaired) electrons. The van der Waals surface area contributed by atoms with Crippen LogP contribution in [0.2, 0.25) is 0 Å². The first-order valence-corrected chi connectivity index (χ1v) is 9.83. The molecular formula is C23H34O3. The lowest BCUT2D eigenvalue weighted by molar-refractivity contribution is -0.141. The highest BCUT2D eigenvalue weighted by molar-refractivity contribution is 5.99. The topological polar surface area (TPSA) is 54.4 Å². The largest absolute Gasteiger partial charge is 0.481 e. The predicted octanol–water partition coefficient (Wildman–Crippen LogP) is 6.75. The fourth-order valence-corrected chi connectivity index (χ4v) is 2.54. The van der Waals surface area contributed by atoms with Crippen LogP contribution in [0.4, 0.5) is 0 Å². The number of carboxylic acid groups (broad SMARTS) is 1. The predicted molar refractivity (Wildman–Crippen MR) is 111 cm³/mol. The molecule has 2 rings (SSSR count). The van der Waals surface area contributed by atoms with E-state index in [1.54, 1.807) is 6.92 Å². The van der Waals surface area contributed by atoms with Gasteiger partial charge >= 0.3 is 5.97 Å². The summed E-state index contributed by atoms with van der Waals surface area (Å²) in [6.45, 7) is 9.72. The van der Waals surface area contributed by atoms with Crippen molar-refractivity contribution in [2.75, 3.05) is 0 Å². The van der Waals surface area contributed by atoms with Crippen molar-refractivity contribution in [3.05, 3.63) is 48.0 Å². The number of hydrogen-bond donors (Lipinski definition) is 1. The molecule has 26 heavy (non-hydrogen) atoms. The van der Waals surface area contributed by atoms with Gasteiger partial charge in [0.2, 0.25) is 0 Å². The maximum Gasteiger partial charge on any atom is 0.306 e. The number of rotatable bonds is 8. The minimum absolute atomic E-state index is 0.164. The zero-order chi connectivity index (χ0) is 19.9. The van der Waals surface area contributed by atoms with Crippen LogP contribution < -0.4 is 0 Å². The van der Waals surface area contributed by atoms with Crippen molar-refractivity contribution in [2.45, 2.75) is 66.7 Å². The molecule has 0 aromatic heterocycles. The number of aliphatic carboxylic acids is 1. The molecule has 0 bridgehead atoms. The van der Waals surface area contributed by atoms with Crippen LogP contribution in [0.3, 0.4) is 0 Å². The van der Waals surface area contributed by atoms with Gasteiger partial charge in [-0.25, -0.2) is 0 Å². The molecule has 0 aliphatic carbocycles. The van der Waals surface area contributed by atoms with E-state index in [0.29, 0.717) is 12.8 Å². The Morgan fingerprint density at radius 3 is 2.12 bits per heavy atom. The zero-order valence-electron chi connectivity index (χ0n) is 16.9. The number of carbonyl (C=O) groups is 2. The lowest BCUT2D eigenvalue weighted by Gasteiger charge is -2.06. The maximum atomic E-state index is 12.2. The lowest BCUT2D eigenvalue weighted by Crippen LogP contribution is -2.08. The van der Waals surface area contributed by atoms with Crippen LogP contribution in [0.25, 0.3) is 10.8 Å². The molecule has 2 aromatic carbocycles. The van der Waals surface area contributed by atoms with Crippen molar-refractivity contribution in [3.8, 4) is 0 Å². The number of Topliss-reactive ketones (excluding diaryl/α,β-unsaturated/α-hetero) is 1. The third-order valence-electron chi connectivity index (χ3n) is 4.03. The smallest absolute Gasteiger partial charge is 0.306 e. The summed E-state index contributed by atoms with van der Waals surface area (Å²) in [6, 6.07) is 13.8. The second-order valence-electron chi connectivity index (χ2n) is 5.82. The third kappa shape index (κ3) is 8.28. The molecule has 1 unspecified atom stereocenters. The van der Waals surface area contributed by atoms with Gasteiger partial charge in [-0.1, -0.05) is 83.9 Å². The highest BCUT2D eigenvalue weighted by Gasteiger charge is 2.10. The Labute approximate surface area is 158 Å². The van der Waals surface area contributed by atoms with E-state index in [0.717, 1.165) is 35.6 Å². The molecule has 0 amide bonds. The Bertz CT molecular complexity index is 661. The van der Waals surface area contributed by atoms with Crippen molar-refractivity contribution >= 4 is 22.5 Å². The SMILES string of the molecule is CC.CC.CC(CCCCCC(=O)c1ccc2ccccc2c1)C(=O)O. The molecule has 0 aliphatic heterocycles. The van der Waals surface area contributed by atoms with Crippen molar-refractivity contribution in [2.24, 2.45) is 5.92 Å². The standard InChI is InChI=1S/C19H22O3.2C2H6/c1-14(19(21)22)7-3-2-4-10-18(20)17-12-11-15-8-5-6-9-16(15)13-17;2*1-2/h5-6,8-9,11-14H,2-4,7,10H2,1H3,(H,21,22);2*1-2H3. The average Bonchev–Trinajstić information content (AvgIpc) is 2.70. The Morgan fingerprint density at radius 2 is 1.50 bits per heavy atom. The third-order valence-corrected chi connectivity index (χ3v) is 4.03. The maximum absolute atomic E-state index is 12.2. The van der Waals surface area contributed by atoms with Gasteiger partial charge in [-0.05, 0) is 29.7 Å². The number of ketones is 1. The van der Waals surface area contributed by atoms with E-state index in [2.05, 4.69) is 0 Å². The molecular weight excluding hydrogens is 324 g/mol.